The highest BCUT2D eigenvalue weighted by atomic mass is 19.1. The Hall–Kier alpha value is -2.74. The van der Waals surface area contributed by atoms with Gasteiger partial charge >= 0.3 is 5.97 Å². The van der Waals surface area contributed by atoms with Crippen LogP contribution in [0.25, 0.3) is 11.1 Å². The third kappa shape index (κ3) is 6.72. The molecule has 0 aliphatic carbocycles. The topological polar surface area (TPSA) is 84.8 Å². The summed E-state index contributed by atoms with van der Waals surface area (Å²) in [6, 6.07) is 3.27. The average molecular weight is 502 g/mol. The van der Waals surface area contributed by atoms with Crippen molar-refractivity contribution in [3.05, 3.63) is 35.5 Å². The summed E-state index contributed by atoms with van der Waals surface area (Å²) >= 11 is 0. The van der Waals surface area contributed by atoms with Crippen LogP contribution in [-0.4, -0.2) is 46.3 Å². The van der Waals surface area contributed by atoms with E-state index in [4.69, 9.17) is 9.47 Å². The van der Waals surface area contributed by atoms with Crippen molar-refractivity contribution in [2.24, 2.45) is 11.3 Å². The van der Waals surface area contributed by atoms with Crippen LogP contribution in [-0.2, 0) is 9.53 Å². The standard InChI is InChI=1S/C28H40FN3O4/c1-17(2)16-35-21-10-9-19(25(29)31-21)20-15-30-18(3)22(24(26(33)34)36-27(4,5)6)23(20)32-13-11-28(7,8)12-14-32/h9-10,15,17,24H,11-14,16H2,1-8H3,(H,33,34)/t24-/m0/s1. The van der Waals surface area contributed by atoms with Gasteiger partial charge in [0, 0.05) is 47.7 Å². The lowest BCUT2D eigenvalue weighted by atomic mass is 9.82. The van der Waals surface area contributed by atoms with Crippen molar-refractivity contribution in [1.29, 1.82) is 0 Å². The number of carboxylic acids is 1. The van der Waals surface area contributed by atoms with E-state index in [0.717, 1.165) is 12.8 Å². The van der Waals surface area contributed by atoms with E-state index in [1.165, 1.54) is 0 Å². The Kier molecular flexibility index (Phi) is 8.28. The molecule has 0 amide bonds. The molecule has 0 spiro atoms. The smallest absolute Gasteiger partial charge is 0.337 e. The van der Waals surface area contributed by atoms with E-state index in [2.05, 4.69) is 28.7 Å². The number of piperidine rings is 1. The van der Waals surface area contributed by atoms with Crippen molar-refractivity contribution in [1.82, 2.24) is 9.97 Å². The normalized spacial score (nSPS) is 16.8. The van der Waals surface area contributed by atoms with E-state index in [-0.39, 0.29) is 22.8 Å². The average Bonchev–Trinajstić information content (AvgIpc) is 2.76. The second kappa shape index (κ2) is 10.7. The quantitative estimate of drug-likeness (QED) is 0.432. The maximum absolute atomic E-state index is 15.4. The molecule has 8 heteroatoms. The van der Waals surface area contributed by atoms with Gasteiger partial charge in [0.1, 0.15) is 0 Å². The largest absolute Gasteiger partial charge is 0.479 e. The number of ether oxygens (including phenoxy) is 2. The minimum atomic E-state index is -1.26. The molecule has 1 saturated heterocycles. The van der Waals surface area contributed by atoms with E-state index >= 15 is 4.39 Å². The third-order valence-electron chi connectivity index (χ3n) is 6.36. The third-order valence-corrected chi connectivity index (χ3v) is 6.36. The van der Waals surface area contributed by atoms with Crippen molar-refractivity contribution in [3.8, 4) is 17.0 Å². The van der Waals surface area contributed by atoms with Crippen LogP contribution in [0.1, 0.15) is 78.7 Å². The van der Waals surface area contributed by atoms with Crippen molar-refractivity contribution >= 4 is 11.7 Å². The van der Waals surface area contributed by atoms with Gasteiger partial charge in [0.05, 0.1) is 17.9 Å². The molecule has 0 bridgehead atoms. The fourth-order valence-electron chi connectivity index (χ4n) is 4.33. The number of carboxylic acid groups (broad SMARTS) is 1. The molecule has 1 atom stereocenters. The van der Waals surface area contributed by atoms with Gasteiger partial charge in [0.2, 0.25) is 11.8 Å². The van der Waals surface area contributed by atoms with Gasteiger partial charge in [0.15, 0.2) is 6.10 Å². The van der Waals surface area contributed by atoms with E-state index in [9.17, 15) is 9.90 Å². The van der Waals surface area contributed by atoms with E-state index in [1.54, 1.807) is 25.3 Å². The molecule has 2 aromatic rings. The fraction of sp³-hybridized carbons (Fsp3) is 0.607. The monoisotopic (exact) mass is 501 g/mol. The van der Waals surface area contributed by atoms with E-state index in [0.29, 0.717) is 42.2 Å². The Balaban J connectivity index is 2.19. The molecule has 0 radical (unpaired) electrons. The van der Waals surface area contributed by atoms with Crippen LogP contribution >= 0.6 is 0 Å². The molecular formula is C28H40FN3O4. The summed E-state index contributed by atoms with van der Waals surface area (Å²) in [7, 11) is 0. The number of aryl methyl sites for hydroxylation is 1. The van der Waals surface area contributed by atoms with Gasteiger partial charge in [-0.2, -0.15) is 9.37 Å². The van der Waals surface area contributed by atoms with Crippen LogP contribution < -0.4 is 9.64 Å². The Morgan fingerprint density at radius 3 is 2.36 bits per heavy atom. The molecule has 1 N–H and O–H groups in total. The Bertz CT molecular complexity index is 1080. The molecule has 7 nitrogen and oxygen atoms in total. The second-order valence-corrected chi connectivity index (χ2v) is 11.8. The minimum Gasteiger partial charge on any atom is -0.479 e. The number of pyridine rings is 2. The zero-order chi connectivity index (χ0) is 26.8. The number of aromatic nitrogens is 2. The first-order chi connectivity index (χ1) is 16.7. The van der Waals surface area contributed by atoms with Crippen LogP contribution in [0.2, 0.25) is 0 Å². The predicted molar refractivity (Wildman–Crippen MR) is 139 cm³/mol. The number of nitrogens with zero attached hydrogens (tertiary/aromatic N) is 3. The fourth-order valence-corrected chi connectivity index (χ4v) is 4.33. The summed E-state index contributed by atoms with van der Waals surface area (Å²) in [5.41, 5.74) is 1.85. The number of rotatable bonds is 8. The minimum absolute atomic E-state index is 0.176. The number of aliphatic carboxylic acids is 1. The molecule has 0 saturated carbocycles. The lowest BCUT2D eigenvalue weighted by Crippen LogP contribution is -2.39. The van der Waals surface area contributed by atoms with Gasteiger partial charge < -0.3 is 19.5 Å². The first-order valence-electron chi connectivity index (χ1n) is 12.6. The Morgan fingerprint density at radius 2 is 1.83 bits per heavy atom. The summed E-state index contributed by atoms with van der Waals surface area (Å²) in [6.45, 7) is 17.6. The molecule has 198 valence electrons. The highest BCUT2D eigenvalue weighted by Crippen LogP contribution is 2.44. The van der Waals surface area contributed by atoms with Gasteiger partial charge in [-0.3, -0.25) is 4.98 Å². The number of hydrogen-bond acceptors (Lipinski definition) is 6. The summed E-state index contributed by atoms with van der Waals surface area (Å²) in [5, 5.41) is 10.2. The zero-order valence-corrected chi connectivity index (χ0v) is 22.8. The zero-order valence-electron chi connectivity index (χ0n) is 22.8. The first kappa shape index (κ1) is 27.8. The van der Waals surface area contributed by atoms with Gasteiger partial charge in [-0.1, -0.05) is 27.7 Å². The maximum Gasteiger partial charge on any atom is 0.337 e. The predicted octanol–water partition coefficient (Wildman–Crippen LogP) is 6.19. The van der Waals surface area contributed by atoms with E-state index < -0.39 is 23.6 Å². The molecule has 1 aliphatic heterocycles. The summed E-state index contributed by atoms with van der Waals surface area (Å²) in [4.78, 5) is 23.2. The number of halogens is 1. The Morgan fingerprint density at radius 1 is 1.19 bits per heavy atom. The van der Waals surface area contributed by atoms with Gasteiger partial charge in [-0.15, -0.1) is 0 Å². The van der Waals surface area contributed by atoms with Gasteiger partial charge in [0.25, 0.3) is 0 Å². The van der Waals surface area contributed by atoms with Crippen LogP contribution in [0, 0.1) is 24.2 Å². The highest BCUT2D eigenvalue weighted by molar-refractivity contribution is 5.86. The summed E-state index contributed by atoms with van der Waals surface area (Å²) in [6.07, 6.45) is 2.20. The number of anilines is 1. The van der Waals surface area contributed by atoms with Crippen molar-refractivity contribution in [2.45, 2.75) is 79.9 Å². The molecule has 2 aromatic heterocycles. The summed E-state index contributed by atoms with van der Waals surface area (Å²) in [5.74, 6) is -1.30. The molecule has 1 aliphatic rings. The van der Waals surface area contributed by atoms with Crippen LogP contribution in [0.15, 0.2) is 18.3 Å². The molecule has 3 heterocycles. The lowest BCUT2D eigenvalue weighted by molar-refractivity contribution is -0.160. The molecule has 0 unspecified atom stereocenters. The number of carbonyl (C=O) groups is 1. The van der Waals surface area contributed by atoms with Gasteiger partial charge in [-0.05, 0) is 57.9 Å². The Labute approximate surface area is 214 Å². The van der Waals surface area contributed by atoms with Crippen LogP contribution in [0.5, 0.6) is 5.88 Å². The maximum atomic E-state index is 15.4. The SMILES string of the molecule is Cc1ncc(-c2ccc(OCC(C)C)nc2F)c(N2CCC(C)(C)CC2)c1[C@H](OC(C)(C)C)C(=O)O. The molecule has 0 aromatic carbocycles. The molecule has 36 heavy (non-hydrogen) atoms. The second-order valence-electron chi connectivity index (χ2n) is 11.8. The molecular weight excluding hydrogens is 461 g/mol. The summed E-state index contributed by atoms with van der Waals surface area (Å²) < 4.78 is 27.0. The van der Waals surface area contributed by atoms with Crippen molar-refractivity contribution in [3.63, 3.8) is 0 Å². The lowest BCUT2D eigenvalue weighted by Gasteiger charge is -2.40. The van der Waals surface area contributed by atoms with Crippen LogP contribution in [0.4, 0.5) is 10.1 Å². The molecule has 1 fully saturated rings. The molecule has 3 rings (SSSR count). The van der Waals surface area contributed by atoms with E-state index in [1.807, 2.05) is 34.6 Å². The first-order valence-corrected chi connectivity index (χ1v) is 12.6. The van der Waals surface area contributed by atoms with Crippen molar-refractivity contribution < 1.29 is 23.8 Å². The van der Waals surface area contributed by atoms with Gasteiger partial charge in [-0.25, -0.2) is 4.79 Å². The van der Waals surface area contributed by atoms with Crippen molar-refractivity contribution in [2.75, 3.05) is 24.6 Å². The number of hydrogen-bond donors (Lipinski definition) is 1. The highest BCUT2D eigenvalue weighted by Gasteiger charge is 2.36. The van der Waals surface area contributed by atoms with Crippen LogP contribution in [0.3, 0.4) is 0 Å².